The van der Waals surface area contributed by atoms with Crippen molar-refractivity contribution in [2.75, 3.05) is 34.2 Å². The summed E-state index contributed by atoms with van der Waals surface area (Å²) in [6.07, 6.45) is -19.5. The van der Waals surface area contributed by atoms with Crippen molar-refractivity contribution in [3.8, 4) is 0 Å². The molecule has 0 saturated carbocycles. The zero-order valence-corrected chi connectivity index (χ0v) is 35.5. The normalized spacial score (nSPS) is 32.6. The Hall–Kier alpha value is 2.84. The SMILES string of the molecule is CO[C@H]1O[C@H](CCS(=O)(=O)[O-])[C@@H](O[C@@H]2O[C@H](C(=O)[O-])[C@@H](OC)[C@H](OC)[C@H]2OC)[C@H](OS(=O)(=O)[O-])[C@H]1OS(=O)(=O)[O-].[Na+].[Na+].[Na+].[Na+]. The molecule has 27 heteroatoms. The molecule has 2 rings (SSSR count). The van der Waals surface area contributed by atoms with Crippen molar-refractivity contribution >= 4 is 36.9 Å². The minimum atomic E-state index is -5.77. The molecule has 2 aliphatic heterocycles. The molecule has 0 bridgehead atoms. The fourth-order valence-corrected chi connectivity index (χ4v) is 5.73. The molecule has 0 spiro atoms. The van der Waals surface area contributed by atoms with Gasteiger partial charge in [0.2, 0.25) is 20.8 Å². The number of carbonyl (C=O) groups is 1. The summed E-state index contributed by atoms with van der Waals surface area (Å²) in [6.45, 7) is 0. The van der Waals surface area contributed by atoms with E-state index < -0.39 is 110 Å². The molecule has 2 aliphatic rings. The largest absolute Gasteiger partial charge is 1.00 e. The van der Waals surface area contributed by atoms with Gasteiger partial charge in [0.25, 0.3) is 0 Å². The van der Waals surface area contributed by atoms with Crippen LogP contribution in [0, 0.1) is 0 Å². The van der Waals surface area contributed by atoms with Gasteiger partial charge in [0.15, 0.2) is 18.7 Å². The second-order valence-corrected chi connectivity index (χ2v) is 11.8. The number of ether oxygens (including phenoxy) is 7. The third kappa shape index (κ3) is 15.4. The Bertz CT molecular complexity index is 1190. The van der Waals surface area contributed by atoms with Crippen LogP contribution in [0.3, 0.4) is 0 Å². The van der Waals surface area contributed by atoms with Crippen LogP contribution in [-0.4, -0.2) is 140 Å². The van der Waals surface area contributed by atoms with Gasteiger partial charge in [-0.3, -0.25) is 8.37 Å². The summed E-state index contributed by atoms with van der Waals surface area (Å²) in [5.41, 5.74) is 0. The van der Waals surface area contributed by atoms with Gasteiger partial charge in [0.05, 0.1) is 22.2 Å². The van der Waals surface area contributed by atoms with Crippen molar-refractivity contribution in [2.45, 2.75) is 67.8 Å². The van der Waals surface area contributed by atoms with E-state index in [1.807, 2.05) is 0 Å². The number of methoxy groups -OCH3 is 4. The Balaban J connectivity index is -0.00000420. The van der Waals surface area contributed by atoms with E-state index in [-0.39, 0.29) is 118 Å². The quantitative estimate of drug-likeness (QED) is 0.0907. The molecule has 0 aromatic rings. The molecule has 0 aromatic heterocycles. The summed E-state index contributed by atoms with van der Waals surface area (Å²) in [5.74, 6) is -3.01. The van der Waals surface area contributed by atoms with Gasteiger partial charge >= 0.3 is 118 Å². The van der Waals surface area contributed by atoms with Crippen LogP contribution in [-0.2, 0) is 77.2 Å². The monoisotopic (exact) mass is 738 g/mol. The van der Waals surface area contributed by atoms with Crippen molar-refractivity contribution in [3.63, 3.8) is 0 Å². The average Bonchev–Trinajstić information content (AvgIpc) is 2.82. The van der Waals surface area contributed by atoms with E-state index in [9.17, 15) is 48.8 Å². The van der Waals surface area contributed by atoms with Crippen LogP contribution in [0.25, 0.3) is 0 Å². The Morgan fingerprint density at radius 3 is 1.50 bits per heavy atom. The van der Waals surface area contributed by atoms with Gasteiger partial charge in [-0.15, -0.1) is 0 Å². The van der Waals surface area contributed by atoms with Crippen LogP contribution in [0.5, 0.6) is 0 Å². The number of carboxylic acid groups (broad SMARTS) is 1. The molecule has 0 N–H and O–H groups in total. The molecule has 10 atom stereocenters. The van der Waals surface area contributed by atoms with Crippen molar-refractivity contribution in [3.05, 3.63) is 0 Å². The molecule has 2 fully saturated rings. The van der Waals surface area contributed by atoms with E-state index in [0.717, 1.165) is 28.4 Å². The first-order chi connectivity index (χ1) is 18.4. The van der Waals surface area contributed by atoms with Crippen molar-refractivity contribution in [2.24, 2.45) is 0 Å². The first-order valence-corrected chi connectivity index (χ1v) is 15.1. The molecule has 0 aliphatic carbocycles. The summed E-state index contributed by atoms with van der Waals surface area (Å²) in [7, 11) is -12.2. The standard InChI is InChI=1S/C17H30O20S3.4Na/c1-29-9-10(30-2)13(31-3)17(35-12(9)15(18)19)34-8-7(5-6-38(20,21)22)33-16(32-4)14(37-40(26,27)28)11(8)36-39(23,24)25;;;;/h7-14,16-17H,5-6H2,1-4H3,(H,18,19)(H,20,21,22)(H,23,24,25)(H,26,27,28);;;;/q;4*+1/p-4/t7-,8-,9+,10+,11+,12+,13-,14-,16+,17-;;;;/m1..../s1. The zero-order valence-electron chi connectivity index (χ0n) is 25.1. The molecule has 2 heterocycles. The molecule has 20 nitrogen and oxygen atoms in total. The number of hydrogen-bond acceptors (Lipinski definition) is 20. The minimum absolute atomic E-state index is 0. The number of aliphatic carboxylic acids is 1. The first kappa shape index (κ1) is 51.2. The van der Waals surface area contributed by atoms with E-state index in [1.54, 1.807) is 0 Å². The Morgan fingerprint density at radius 1 is 0.636 bits per heavy atom. The second kappa shape index (κ2) is 21.9. The molecular formula is C17H26Na4O20S3. The van der Waals surface area contributed by atoms with Crippen molar-refractivity contribution < 1.29 is 209 Å². The average molecular weight is 739 g/mol. The maximum Gasteiger partial charge on any atom is 1.00 e. The van der Waals surface area contributed by atoms with Gasteiger partial charge < -0.3 is 56.7 Å². The number of carboxylic acids is 1. The number of rotatable bonds is 14. The van der Waals surface area contributed by atoms with Crippen molar-refractivity contribution in [1.29, 1.82) is 0 Å². The summed E-state index contributed by atoms with van der Waals surface area (Å²) in [5, 5.41) is 11.8. The summed E-state index contributed by atoms with van der Waals surface area (Å²) in [4.78, 5) is 11.8. The molecule has 236 valence electrons. The van der Waals surface area contributed by atoms with E-state index in [1.165, 1.54) is 0 Å². The molecule has 0 unspecified atom stereocenters. The topological polar surface area (TPSA) is 295 Å². The molecule has 0 aromatic carbocycles. The molecule has 0 radical (unpaired) electrons. The van der Waals surface area contributed by atoms with Crippen LogP contribution in [0.1, 0.15) is 6.42 Å². The Morgan fingerprint density at radius 2 is 1.11 bits per heavy atom. The minimum Gasteiger partial charge on any atom is -0.748 e. The van der Waals surface area contributed by atoms with Gasteiger partial charge in [-0.25, -0.2) is 25.3 Å². The predicted octanol–water partition coefficient (Wildman–Crippen LogP) is -17.1. The third-order valence-electron chi connectivity index (χ3n) is 5.77. The number of hydrogen-bond donors (Lipinski definition) is 0. The maximum absolute atomic E-state index is 11.8. The van der Waals surface area contributed by atoms with E-state index >= 15 is 0 Å². The van der Waals surface area contributed by atoms with Crippen LogP contribution < -0.4 is 123 Å². The summed E-state index contributed by atoms with van der Waals surface area (Å²) >= 11 is 0. The second-order valence-electron chi connectivity index (χ2n) is 8.21. The van der Waals surface area contributed by atoms with E-state index in [0.29, 0.717) is 0 Å². The fraction of sp³-hybridized carbons (Fsp3) is 0.941. The first-order valence-electron chi connectivity index (χ1n) is 10.9. The smallest absolute Gasteiger partial charge is 0.748 e. The summed E-state index contributed by atoms with van der Waals surface area (Å²) < 4.78 is 148. The summed E-state index contributed by atoms with van der Waals surface area (Å²) in [6, 6.07) is 0. The maximum atomic E-state index is 11.8. The van der Waals surface area contributed by atoms with Crippen LogP contribution in [0.2, 0.25) is 0 Å². The van der Waals surface area contributed by atoms with Gasteiger partial charge in [-0.2, -0.15) is 0 Å². The zero-order chi connectivity index (χ0) is 30.6. The predicted molar refractivity (Wildman–Crippen MR) is 115 cm³/mol. The molecular weight excluding hydrogens is 712 g/mol. The van der Waals surface area contributed by atoms with Gasteiger partial charge in [-0.1, -0.05) is 0 Å². The van der Waals surface area contributed by atoms with E-state index in [4.69, 9.17) is 33.2 Å². The fourth-order valence-electron chi connectivity index (χ4n) is 4.25. The molecule has 0 amide bonds. The third-order valence-corrected chi connectivity index (χ3v) is 7.42. The van der Waals surface area contributed by atoms with E-state index in [2.05, 4.69) is 8.37 Å². The van der Waals surface area contributed by atoms with Gasteiger partial charge in [0, 0.05) is 34.2 Å². The number of carbonyl (C=O) groups excluding carboxylic acids is 1. The van der Waals surface area contributed by atoms with Crippen LogP contribution in [0.4, 0.5) is 0 Å². The van der Waals surface area contributed by atoms with Crippen molar-refractivity contribution in [1.82, 2.24) is 0 Å². The Labute approximate surface area is 343 Å². The molecule has 44 heavy (non-hydrogen) atoms. The molecule has 2 saturated heterocycles. The van der Waals surface area contributed by atoms with Crippen LogP contribution in [0.15, 0.2) is 0 Å². The van der Waals surface area contributed by atoms with Gasteiger partial charge in [-0.05, 0) is 6.42 Å². The van der Waals surface area contributed by atoms with Crippen LogP contribution >= 0.6 is 0 Å². The Kier molecular flexibility index (Phi) is 25.5. The van der Waals surface area contributed by atoms with Gasteiger partial charge in [0.1, 0.15) is 36.6 Å².